The van der Waals surface area contributed by atoms with Crippen molar-refractivity contribution in [3.8, 4) is 0 Å². The number of hydrogen-bond acceptors (Lipinski definition) is 5. The third-order valence-corrected chi connectivity index (χ3v) is 5.62. The molecular formula is C24H20N2O6S. The molecule has 0 aliphatic carbocycles. The summed E-state index contributed by atoms with van der Waals surface area (Å²) < 4.78 is 0. The van der Waals surface area contributed by atoms with E-state index in [1.807, 2.05) is 0 Å². The van der Waals surface area contributed by atoms with E-state index in [2.05, 4.69) is 10.6 Å². The molecule has 0 aliphatic heterocycles. The largest absolute Gasteiger partial charge is 0.478 e. The summed E-state index contributed by atoms with van der Waals surface area (Å²) in [7, 11) is 0. The van der Waals surface area contributed by atoms with E-state index < -0.39 is 17.8 Å². The summed E-state index contributed by atoms with van der Waals surface area (Å²) in [5, 5.41) is 23.8. The Morgan fingerprint density at radius 3 is 2.24 bits per heavy atom. The Kier molecular flexibility index (Phi) is 7.47. The van der Waals surface area contributed by atoms with Crippen molar-refractivity contribution in [3.63, 3.8) is 0 Å². The van der Waals surface area contributed by atoms with Gasteiger partial charge in [-0.25, -0.2) is 9.59 Å². The van der Waals surface area contributed by atoms with Crippen LogP contribution in [0.15, 0.2) is 71.6 Å². The van der Waals surface area contributed by atoms with Gasteiger partial charge >= 0.3 is 11.9 Å². The Bertz CT molecular complexity index is 1240. The highest BCUT2D eigenvalue weighted by Crippen LogP contribution is 2.23. The van der Waals surface area contributed by atoms with Crippen molar-refractivity contribution in [2.24, 2.45) is 0 Å². The minimum Gasteiger partial charge on any atom is -0.478 e. The van der Waals surface area contributed by atoms with Gasteiger partial charge in [0.25, 0.3) is 5.91 Å². The lowest BCUT2D eigenvalue weighted by Crippen LogP contribution is -2.16. The summed E-state index contributed by atoms with van der Waals surface area (Å²) in [5.41, 5.74) is 1.65. The number of rotatable bonds is 8. The molecule has 0 atom stereocenters. The Balaban J connectivity index is 1.63. The predicted octanol–water partition coefficient (Wildman–Crippen LogP) is 4.37. The summed E-state index contributed by atoms with van der Waals surface area (Å²) in [4.78, 5) is 48.1. The molecule has 0 radical (unpaired) electrons. The average molecular weight is 464 g/mol. The quantitative estimate of drug-likeness (QED) is 0.364. The van der Waals surface area contributed by atoms with Gasteiger partial charge in [-0.1, -0.05) is 24.3 Å². The number of aryl methyl sites for hydroxylation is 1. The Labute approximate surface area is 193 Å². The SMILES string of the molecule is Cc1ccc(C(=O)O)cc1NC(=O)CSc1cccc(NC(=O)c2ccccc2C(=O)O)c1. The number of benzene rings is 3. The van der Waals surface area contributed by atoms with E-state index >= 15 is 0 Å². The van der Waals surface area contributed by atoms with Gasteiger partial charge in [-0.05, 0) is 55.0 Å². The molecule has 0 aliphatic rings. The summed E-state index contributed by atoms with van der Waals surface area (Å²) in [5.74, 6) is -3.07. The van der Waals surface area contributed by atoms with Crippen LogP contribution < -0.4 is 10.6 Å². The second kappa shape index (κ2) is 10.5. The lowest BCUT2D eigenvalue weighted by molar-refractivity contribution is -0.113. The van der Waals surface area contributed by atoms with E-state index in [9.17, 15) is 24.3 Å². The fourth-order valence-electron chi connectivity index (χ4n) is 2.95. The summed E-state index contributed by atoms with van der Waals surface area (Å²) in [6, 6.07) is 17.2. The van der Waals surface area contributed by atoms with Gasteiger partial charge in [-0.15, -0.1) is 11.8 Å². The number of aromatic carboxylic acids is 2. The molecule has 0 unspecified atom stereocenters. The van der Waals surface area contributed by atoms with Gasteiger partial charge < -0.3 is 20.8 Å². The number of anilines is 2. The molecule has 0 heterocycles. The van der Waals surface area contributed by atoms with Gasteiger partial charge in [0, 0.05) is 16.3 Å². The monoisotopic (exact) mass is 464 g/mol. The molecule has 0 saturated carbocycles. The van der Waals surface area contributed by atoms with E-state index in [4.69, 9.17) is 5.11 Å². The first-order valence-electron chi connectivity index (χ1n) is 9.75. The lowest BCUT2D eigenvalue weighted by atomic mass is 10.1. The van der Waals surface area contributed by atoms with E-state index in [0.29, 0.717) is 16.3 Å². The molecule has 9 heteroatoms. The maximum Gasteiger partial charge on any atom is 0.336 e. The van der Waals surface area contributed by atoms with Crippen LogP contribution in [0.3, 0.4) is 0 Å². The number of carbonyl (C=O) groups is 4. The average Bonchev–Trinajstić information content (AvgIpc) is 2.79. The molecule has 4 N–H and O–H groups in total. The third kappa shape index (κ3) is 6.20. The van der Waals surface area contributed by atoms with Crippen molar-refractivity contribution in [2.75, 3.05) is 16.4 Å². The summed E-state index contributed by atoms with van der Waals surface area (Å²) in [6.45, 7) is 1.77. The zero-order valence-electron chi connectivity index (χ0n) is 17.5. The van der Waals surface area contributed by atoms with Crippen LogP contribution in [-0.4, -0.2) is 39.7 Å². The third-order valence-electron chi connectivity index (χ3n) is 4.62. The van der Waals surface area contributed by atoms with Crippen LogP contribution >= 0.6 is 11.8 Å². The van der Waals surface area contributed by atoms with Crippen LogP contribution in [-0.2, 0) is 4.79 Å². The number of nitrogens with one attached hydrogen (secondary N) is 2. The number of amides is 2. The van der Waals surface area contributed by atoms with Crippen molar-refractivity contribution in [2.45, 2.75) is 11.8 Å². The molecule has 8 nitrogen and oxygen atoms in total. The number of carbonyl (C=O) groups excluding carboxylic acids is 2. The highest BCUT2D eigenvalue weighted by Gasteiger charge is 2.16. The standard InChI is InChI=1S/C24H20N2O6S/c1-14-9-10-15(23(29)30)11-20(14)26-21(27)13-33-17-6-4-5-16(12-17)25-22(28)18-7-2-3-8-19(18)24(31)32/h2-12H,13H2,1H3,(H,25,28)(H,26,27)(H,29,30)(H,31,32). The molecule has 3 rings (SSSR count). The van der Waals surface area contributed by atoms with Gasteiger partial charge in [0.2, 0.25) is 5.91 Å². The maximum atomic E-state index is 12.5. The summed E-state index contributed by atoms with van der Waals surface area (Å²) in [6.07, 6.45) is 0. The highest BCUT2D eigenvalue weighted by atomic mass is 32.2. The zero-order valence-corrected chi connectivity index (χ0v) is 18.3. The van der Waals surface area contributed by atoms with E-state index in [0.717, 1.165) is 5.56 Å². The van der Waals surface area contributed by atoms with E-state index in [1.165, 1.54) is 36.0 Å². The van der Waals surface area contributed by atoms with Crippen molar-refractivity contribution < 1.29 is 29.4 Å². The molecular weight excluding hydrogens is 444 g/mol. The first-order chi connectivity index (χ1) is 15.7. The van der Waals surface area contributed by atoms with Crippen LogP contribution in [0.25, 0.3) is 0 Å². The number of carboxylic acids is 2. The van der Waals surface area contributed by atoms with Gasteiger partial charge in [0.1, 0.15) is 0 Å². The van der Waals surface area contributed by atoms with Crippen molar-refractivity contribution in [1.29, 1.82) is 0 Å². The molecule has 0 aromatic heterocycles. The number of thioether (sulfide) groups is 1. The van der Waals surface area contributed by atoms with Gasteiger partial charge in [0.05, 0.1) is 22.4 Å². The van der Waals surface area contributed by atoms with Crippen molar-refractivity contribution in [1.82, 2.24) is 0 Å². The van der Waals surface area contributed by atoms with Crippen LogP contribution in [0.2, 0.25) is 0 Å². The molecule has 168 valence electrons. The van der Waals surface area contributed by atoms with Crippen LogP contribution in [0.1, 0.15) is 36.6 Å². The first-order valence-corrected chi connectivity index (χ1v) is 10.7. The highest BCUT2D eigenvalue weighted by molar-refractivity contribution is 8.00. The lowest BCUT2D eigenvalue weighted by Gasteiger charge is -2.10. The smallest absolute Gasteiger partial charge is 0.336 e. The second-order valence-electron chi connectivity index (χ2n) is 7.00. The minimum atomic E-state index is -1.19. The minimum absolute atomic E-state index is 0.0430. The van der Waals surface area contributed by atoms with Gasteiger partial charge in [-0.2, -0.15) is 0 Å². The molecule has 0 fully saturated rings. The molecule has 0 saturated heterocycles. The van der Waals surface area contributed by atoms with Gasteiger partial charge in [0.15, 0.2) is 0 Å². The Hall–Kier alpha value is -4.11. The molecule has 3 aromatic carbocycles. The van der Waals surface area contributed by atoms with Crippen molar-refractivity contribution >= 4 is 46.9 Å². The van der Waals surface area contributed by atoms with E-state index in [-0.39, 0.29) is 28.4 Å². The molecule has 33 heavy (non-hydrogen) atoms. The predicted molar refractivity (Wildman–Crippen MR) is 125 cm³/mol. The van der Waals surface area contributed by atoms with Gasteiger partial charge in [-0.3, -0.25) is 9.59 Å². The second-order valence-corrected chi connectivity index (χ2v) is 8.05. The molecule has 0 spiro atoms. The van der Waals surface area contributed by atoms with Crippen LogP contribution in [0.5, 0.6) is 0 Å². The van der Waals surface area contributed by atoms with Crippen molar-refractivity contribution in [3.05, 3.63) is 89.0 Å². The molecule has 3 aromatic rings. The fourth-order valence-corrected chi connectivity index (χ4v) is 3.71. The first kappa shape index (κ1) is 23.6. The Morgan fingerprint density at radius 2 is 1.55 bits per heavy atom. The van der Waals surface area contributed by atoms with Crippen LogP contribution in [0, 0.1) is 6.92 Å². The topological polar surface area (TPSA) is 133 Å². The number of carboxylic acid groups (broad SMARTS) is 2. The Morgan fingerprint density at radius 1 is 0.818 bits per heavy atom. The molecule has 2 amide bonds. The van der Waals surface area contributed by atoms with Crippen LogP contribution in [0.4, 0.5) is 11.4 Å². The van der Waals surface area contributed by atoms with E-state index in [1.54, 1.807) is 49.4 Å². The maximum absolute atomic E-state index is 12.5. The zero-order chi connectivity index (χ0) is 24.0. The fraction of sp³-hybridized carbons (Fsp3) is 0.0833. The number of hydrogen-bond donors (Lipinski definition) is 4. The normalized spacial score (nSPS) is 10.3. The summed E-state index contributed by atoms with van der Waals surface area (Å²) >= 11 is 1.24. The molecule has 0 bridgehead atoms.